The molecule has 3 rings (SSSR count). The predicted molar refractivity (Wildman–Crippen MR) is 123 cm³/mol. The lowest BCUT2D eigenvalue weighted by molar-refractivity contribution is -0.136. The predicted octanol–water partition coefficient (Wildman–Crippen LogP) is 1.66. The highest BCUT2D eigenvalue weighted by Crippen LogP contribution is 2.12. The maximum Gasteiger partial charge on any atom is 0.351 e. The molecule has 1 aliphatic heterocycles. The van der Waals surface area contributed by atoms with Crippen LogP contribution in [-0.4, -0.2) is 41.7 Å². The third kappa shape index (κ3) is 5.63. The van der Waals surface area contributed by atoms with Crippen LogP contribution in [0.4, 0.5) is 5.69 Å². The fourth-order valence-electron chi connectivity index (χ4n) is 3.59. The van der Waals surface area contributed by atoms with E-state index in [1.54, 1.807) is 20.0 Å². The molecule has 0 radical (unpaired) electrons. The quantitative estimate of drug-likeness (QED) is 0.628. The summed E-state index contributed by atoms with van der Waals surface area (Å²) in [5.74, 6) is -0.711. The van der Waals surface area contributed by atoms with Crippen LogP contribution in [0.3, 0.4) is 0 Å². The lowest BCUT2D eigenvalue weighted by Gasteiger charge is -2.14. The molecule has 8 heteroatoms. The first kappa shape index (κ1) is 22.8. The number of carbonyl (C=O) groups excluding carboxylic acids is 1. The van der Waals surface area contributed by atoms with Gasteiger partial charge in [-0.05, 0) is 63.9 Å². The zero-order valence-corrected chi connectivity index (χ0v) is 18.8. The van der Waals surface area contributed by atoms with Crippen LogP contribution >= 0.6 is 11.3 Å². The molecule has 0 aliphatic carbocycles. The van der Waals surface area contributed by atoms with Gasteiger partial charge in [0.15, 0.2) is 5.57 Å². The molecule has 1 N–H and O–H groups in total. The second kappa shape index (κ2) is 10.9. The lowest BCUT2D eigenvalue weighted by atomic mass is 10.1. The van der Waals surface area contributed by atoms with Gasteiger partial charge in [0.1, 0.15) is 15.3 Å². The Labute approximate surface area is 185 Å². The van der Waals surface area contributed by atoms with Crippen molar-refractivity contribution in [3.8, 4) is 6.07 Å². The molecule has 1 fully saturated rings. The Morgan fingerprint density at radius 3 is 2.58 bits per heavy atom. The maximum absolute atomic E-state index is 12.7. The summed E-state index contributed by atoms with van der Waals surface area (Å²) in [6, 6.07) is 10.1. The number of nitrogens with zero attached hydrogens (tertiary/aromatic N) is 3. The molecule has 1 aromatic heterocycles. The third-order valence-electron chi connectivity index (χ3n) is 5.27. The van der Waals surface area contributed by atoms with Gasteiger partial charge in [-0.25, -0.2) is 4.79 Å². The average Bonchev–Trinajstić information content (AvgIpc) is 3.40. The molecule has 1 aromatic carbocycles. The standard InChI is InChI=1S/C23H28N4O3S/c1-3-27-21(28)20(31-22(27)19(15-24)23(29)30-4-2)16-25-18-9-7-17(8-10-18)11-14-26-12-5-6-13-26/h7-10,16,25H,3-6,11-14H2,1-2H3. The van der Waals surface area contributed by atoms with Gasteiger partial charge < -0.3 is 15.0 Å². The first-order chi connectivity index (χ1) is 15.1. The minimum atomic E-state index is -0.711. The van der Waals surface area contributed by atoms with E-state index >= 15 is 0 Å². The van der Waals surface area contributed by atoms with Gasteiger partial charge in [0, 0.05) is 25.0 Å². The van der Waals surface area contributed by atoms with E-state index in [1.165, 1.54) is 36.1 Å². The average molecular weight is 441 g/mol. The molecule has 7 nitrogen and oxygen atoms in total. The van der Waals surface area contributed by atoms with Crippen molar-refractivity contribution in [1.82, 2.24) is 9.47 Å². The fraction of sp³-hybridized carbons (Fsp3) is 0.435. The third-order valence-corrected chi connectivity index (χ3v) is 6.40. The van der Waals surface area contributed by atoms with Crippen LogP contribution in [0.1, 0.15) is 32.3 Å². The van der Waals surface area contributed by atoms with Crippen LogP contribution in [-0.2, 0) is 22.5 Å². The van der Waals surface area contributed by atoms with Crippen molar-refractivity contribution in [2.75, 3.05) is 31.6 Å². The maximum atomic E-state index is 12.7. The molecule has 164 valence electrons. The highest BCUT2D eigenvalue weighted by molar-refractivity contribution is 7.07. The molecule has 1 saturated heterocycles. The minimum absolute atomic E-state index is 0.146. The van der Waals surface area contributed by atoms with Crippen molar-refractivity contribution in [2.24, 2.45) is 0 Å². The van der Waals surface area contributed by atoms with Gasteiger partial charge in [-0.1, -0.05) is 12.1 Å². The molecular formula is C23H28N4O3S. The largest absolute Gasteiger partial charge is 0.462 e. The van der Waals surface area contributed by atoms with Crippen molar-refractivity contribution in [3.63, 3.8) is 0 Å². The summed E-state index contributed by atoms with van der Waals surface area (Å²) in [7, 11) is 0. The summed E-state index contributed by atoms with van der Waals surface area (Å²) in [5, 5.41) is 12.6. The van der Waals surface area contributed by atoms with E-state index in [9.17, 15) is 14.9 Å². The molecule has 2 aromatic rings. The van der Waals surface area contributed by atoms with Crippen molar-refractivity contribution in [3.05, 3.63) is 49.4 Å². The zero-order valence-electron chi connectivity index (χ0n) is 18.0. The molecule has 0 spiro atoms. The van der Waals surface area contributed by atoms with Crippen molar-refractivity contribution in [1.29, 1.82) is 5.26 Å². The van der Waals surface area contributed by atoms with Crippen LogP contribution in [0, 0.1) is 11.3 Å². The Bertz CT molecular complexity index is 1120. The summed E-state index contributed by atoms with van der Waals surface area (Å²) in [4.78, 5) is 27.3. The first-order valence-corrected chi connectivity index (χ1v) is 11.5. The SMILES string of the molecule is CCOC(=O)C(C#N)=c1sc(=CNc2ccc(CCN3CCCC3)cc2)c(=O)n1CC. The van der Waals surface area contributed by atoms with E-state index in [0.29, 0.717) is 15.7 Å². The number of hydrogen-bond acceptors (Lipinski definition) is 7. The first-order valence-electron chi connectivity index (χ1n) is 10.7. The van der Waals surface area contributed by atoms with Gasteiger partial charge >= 0.3 is 5.97 Å². The summed E-state index contributed by atoms with van der Waals surface area (Å²) in [5.41, 5.74) is 1.77. The smallest absolute Gasteiger partial charge is 0.351 e. The van der Waals surface area contributed by atoms with Crippen LogP contribution in [0.2, 0.25) is 0 Å². The van der Waals surface area contributed by atoms with Crippen molar-refractivity contribution >= 4 is 34.8 Å². The van der Waals surface area contributed by atoms with E-state index in [0.717, 1.165) is 30.0 Å². The van der Waals surface area contributed by atoms with E-state index < -0.39 is 5.97 Å². The molecular weight excluding hydrogens is 412 g/mol. The number of aromatic nitrogens is 1. The number of hydrogen-bond donors (Lipinski definition) is 1. The van der Waals surface area contributed by atoms with Crippen molar-refractivity contribution < 1.29 is 9.53 Å². The topological polar surface area (TPSA) is 87.4 Å². The van der Waals surface area contributed by atoms with Gasteiger partial charge in [0.2, 0.25) is 0 Å². The van der Waals surface area contributed by atoms with Gasteiger partial charge in [-0.15, -0.1) is 11.3 Å². The number of ether oxygens (including phenoxy) is 1. The zero-order chi connectivity index (χ0) is 22.2. The Hall–Kier alpha value is -2.89. The fourth-order valence-corrected chi connectivity index (χ4v) is 4.66. The highest BCUT2D eigenvalue weighted by atomic mass is 32.1. The normalized spacial score (nSPS) is 15.6. The molecule has 0 saturated carbocycles. The van der Waals surface area contributed by atoms with E-state index in [2.05, 4.69) is 22.3 Å². The number of esters is 1. The molecule has 2 heterocycles. The van der Waals surface area contributed by atoms with E-state index in [1.807, 2.05) is 18.2 Å². The number of carbonyl (C=O) groups is 1. The number of benzene rings is 1. The number of anilines is 1. The highest BCUT2D eigenvalue weighted by Gasteiger charge is 2.16. The number of nitriles is 1. The monoisotopic (exact) mass is 440 g/mol. The minimum Gasteiger partial charge on any atom is -0.462 e. The Balaban J connectivity index is 1.79. The van der Waals surface area contributed by atoms with Gasteiger partial charge in [-0.3, -0.25) is 9.36 Å². The van der Waals surface area contributed by atoms with Gasteiger partial charge in [-0.2, -0.15) is 5.26 Å². The van der Waals surface area contributed by atoms with Crippen LogP contribution in [0.25, 0.3) is 11.8 Å². The molecule has 0 atom stereocenters. The van der Waals surface area contributed by atoms with E-state index in [4.69, 9.17) is 4.74 Å². The molecule has 0 amide bonds. The van der Waals surface area contributed by atoms with E-state index in [-0.39, 0.29) is 17.7 Å². The second-order valence-electron chi connectivity index (χ2n) is 7.31. The van der Waals surface area contributed by atoms with Gasteiger partial charge in [0.25, 0.3) is 5.56 Å². The number of nitrogens with one attached hydrogen (secondary N) is 1. The number of rotatable bonds is 8. The summed E-state index contributed by atoms with van der Waals surface area (Å²) in [6.07, 6.45) is 5.26. The van der Waals surface area contributed by atoms with Crippen LogP contribution in [0.5, 0.6) is 0 Å². The van der Waals surface area contributed by atoms with Crippen molar-refractivity contribution in [2.45, 2.75) is 39.7 Å². The Kier molecular flexibility index (Phi) is 8.04. The molecule has 0 unspecified atom stereocenters. The molecule has 1 aliphatic rings. The Morgan fingerprint density at radius 2 is 1.97 bits per heavy atom. The molecule has 31 heavy (non-hydrogen) atoms. The number of likely N-dealkylation sites (tertiary alicyclic amines) is 1. The van der Waals surface area contributed by atoms with Crippen LogP contribution < -0.4 is 20.1 Å². The molecule has 0 bridgehead atoms. The summed E-state index contributed by atoms with van der Waals surface area (Å²) < 4.78 is 7.12. The second-order valence-corrected chi connectivity index (χ2v) is 8.34. The summed E-state index contributed by atoms with van der Waals surface area (Å²) >= 11 is 1.11. The van der Waals surface area contributed by atoms with Gasteiger partial charge in [0.05, 0.1) is 6.61 Å². The summed E-state index contributed by atoms with van der Waals surface area (Å²) in [6.45, 7) is 7.49. The Morgan fingerprint density at radius 1 is 1.26 bits per heavy atom. The number of thiazole rings is 1. The lowest BCUT2D eigenvalue weighted by Crippen LogP contribution is -2.32. The van der Waals surface area contributed by atoms with Crippen LogP contribution in [0.15, 0.2) is 29.1 Å².